The fraction of sp³-hybridized carbons (Fsp3) is 0.375. The first-order valence-electron chi connectivity index (χ1n) is 7.54. The summed E-state index contributed by atoms with van der Waals surface area (Å²) in [4.78, 5) is 35.5. The van der Waals surface area contributed by atoms with Crippen molar-refractivity contribution < 1.29 is 19.5 Å². The molecule has 1 aliphatic rings. The second-order valence-electron chi connectivity index (χ2n) is 5.40. The number of benzene rings is 1. The summed E-state index contributed by atoms with van der Waals surface area (Å²) in [7, 11) is 0. The lowest BCUT2D eigenvalue weighted by atomic mass is 9.91. The molecule has 8 nitrogen and oxygen atoms in total. The molecule has 1 aromatic rings. The van der Waals surface area contributed by atoms with E-state index in [0.29, 0.717) is 5.69 Å². The lowest BCUT2D eigenvalue weighted by Crippen LogP contribution is -2.33. The number of nitriles is 1. The highest BCUT2D eigenvalue weighted by Gasteiger charge is 2.46. The van der Waals surface area contributed by atoms with Gasteiger partial charge in [-0.3, -0.25) is 14.4 Å². The molecule has 0 bridgehead atoms. The minimum atomic E-state index is -2.03. The minimum Gasteiger partial charge on any atom is -0.374 e. The number of nitrogens with zero attached hydrogens (tertiary/aromatic N) is 1. The molecule has 0 aromatic heterocycles. The number of fused-ring (bicyclic) bond motifs is 1. The summed E-state index contributed by atoms with van der Waals surface area (Å²) in [6.07, 6.45) is 0.0162. The van der Waals surface area contributed by atoms with Crippen LogP contribution in [0.25, 0.3) is 0 Å². The van der Waals surface area contributed by atoms with Crippen molar-refractivity contribution in [1.29, 1.82) is 5.26 Å². The number of amides is 3. The van der Waals surface area contributed by atoms with E-state index in [1.807, 2.05) is 0 Å². The Morgan fingerprint density at radius 3 is 2.46 bits per heavy atom. The van der Waals surface area contributed by atoms with Crippen LogP contribution in [0.4, 0.5) is 17.1 Å². The number of nitrogens with one attached hydrogen (secondary N) is 3. The SMILES string of the molecule is CCC(=O)Nc1cc(NC(=O)CC)c2c(c1)C(O)(CC#N)C(=O)N2. The first-order valence-corrected chi connectivity index (χ1v) is 7.54. The molecule has 0 aliphatic carbocycles. The quantitative estimate of drug-likeness (QED) is 0.648. The Kier molecular flexibility index (Phi) is 4.85. The molecule has 0 spiro atoms. The fourth-order valence-corrected chi connectivity index (χ4v) is 2.39. The van der Waals surface area contributed by atoms with E-state index in [2.05, 4.69) is 16.0 Å². The van der Waals surface area contributed by atoms with Gasteiger partial charge in [0.2, 0.25) is 11.8 Å². The van der Waals surface area contributed by atoms with E-state index < -0.39 is 17.9 Å². The van der Waals surface area contributed by atoms with Gasteiger partial charge in [-0.2, -0.15) is 5.26 Å². The molecule has 126 valence electrons. The average molecular weight is 330 g/mol. The summed E-state index contributed by atoms with van der Waals surface area (Å²) in [5.41, 5.74) is -1.07. The van der Waals surface area contributed by atoms with Crippen molar-refractivity contribution >= 4 is 34.8 Å². The second-order valence-corrected chi connectivity index (χ2v) is 5.40. The number of hydrogen-bond donors (Lipinski definition) is 4. The van der Waals surface area contributed by atoms with E-state index in [9.17, 15) is 19.5 Å². The molecule has 2 rings (SSSR count). The van der Waals surface area contributed by atoms with Crippen molar-refractivity contribution in [2.24, 2.45) is 0 Å². The molecule has 0 fully saturated rings. The van der Waals surface area contributed by atoms with Gasteiger partial charge in [-0.1, -0.05) is 13.8 Å². The number of anilines is 3. The number of aliphatic hydroxyl groups is 1. The highest BCUT2D eigenvalue weighted by atomic mass is 16.3. The molecule has 8 heteroatoms. The van der Waals surface area contributed by atoms with E-state index in [-0.39, 0.29) is 41.6 Å². The van der Waals surface area contributed by atoms with Crippen LogP contribution in [-0.2, 0) is 20.0 Å². The number of rotatable bonds is 5. The van der Waals surface area contributed by atoms with E-state index in [1.165, 1.54) is 12.1 Å². The van der Waals surface area contributed by atoms with Crippen LogP contribution in [0.15, 0.2) is 12.1 Å². The van der Waals surface area contributed by atoms with E-state index >= 15 is 0 Å². The highest BCUT2D eigenvalue weighted by molar-refractivity contribution is 6.11. The monoisotopic (exact) mass is 330 g/mol. The fourth-order valence-electron chi connectivity index (χ4n) is 2.39. The third-order valence-electron chi connectivity index (χ3n) is 3.73. The molecule has 0 saturated heterocycles. The molecule has 1 aliphatic heterocycles. The van der Waals surface area contributed by atoms with Crippen LogP contribution in [0.2, 0.25) is 0 Å². The van der Waals surface area contributed by atoms with Crippen molar-refractivity contribution in [2.75, 3.05) is 16.0 Å². The molecule has 24 heavy (non-hydrogen) atoms. The summed E-state index contributed by atoms with van der Waals surface area (Å²) >= 11 is 0. The molecular weight excluding hydrogens is 312 g/mol. The molecule has 1 atom stereocenters. The molecule has 4 N–H and O–H groups in total. The molecule has 1 unspecified atom stereocenters. The number of carbonyl (C=O) groups excluding carboxylic acids is 3. The van der Waals surface area contributed by atoms with Crippen molar-refractivity contribution in [2.45, 2.75) is 38.7 Å². The van der Waals surface area contributed by atoms with Gasteiger partial charge in [-0.25, -0.2) is 0 Å². The van der Waals surface area contributed by atoms with Gasteiger partial charge in [0.05, 0.1) is 23.9 Å². The average Bonchev–Trinajstić information content (AvgIpc) is 2.79. The topological polar surface area (TPSA) is 131 Å². The van der Waals surface area contributed by atoms with Crippen molar-refractivity contribution in [3.05, 3.63) is 17.7 Å². The van der Waals surface area contributed by atoms with Gasteiger partial charge < -0.3 is 21.1 Å². The summed E-state index contributed by atoms with van der Waals surface area (Å²) in [5, 5.41) is 27.2. The standard InChI is InChI=1S/C16H18N4O4/c1-3-12(21)18-9-7-10-14(11(8-9)19-13(22)4-2)20-15(23)16(10,24)5-6-17/h7-8,24H,3-5H2,1-2H3,(H,18,21)(H,19,22)(H,20,23). The van der Waals surface area contributed by atoms with Crippen LogP contribution in [-0.4, -0.2) is 22.8 Å². The van der Waals surface area contributed by atoms with Gasteiger partial charge in [-0.05, 0) is 12.1 Å². The smallest absolute Gasteiger partial charge is 0.262 e. The normalized spacial score (nSPS) is 18.3. The Bertz CT molecular complexity index is 753. The van der Waals surface area contributed by atoms with E-state index in [0.717, 1.165) is 0 Å². The Morgan fingerprint density at radius 2 is 1.88 bits per heavy atom. The first-order chi connectivity index (χ1) is 11.3. The van der Waals surface area contributed by atoms with E-state index in [4.69, 9.17) is 5.26 Å². The van der Waals surface area contributed by atoms with Gasteiger partial charge >= 0.3 is 0 Å². The Morgan fingerprint density at radius 1 is 1.25 bits per heavy atom. The molecule has 0 radical (unpaired) electrons. The van der Waals surface area contributed by atoms with Gasteiger partial charge in [-0.15, -0.1) is 0 Å². The molecule has 1 aromatic carbocycles. The Hall–Kier alpha value is -2.92. The van der Waals surface area contributed by atoms with Crippen LogP contribution in [0, 0.1) is 11.3 Å². The summed E-state index contributed by atoms with van der Waals surface area (Å²) in [6, 6.07) is 4.71. The lowest BCUT2D eigenvalue weighted by molar-refractivity contribution is -0.133. The van der Waals surface area contributed by atoms with Crippen LogP contribution in [0.3, 0.4) is 0 Å². The van der Waals surface area contributed by atoms with Gasteiger partial charge in [0.15, 0.2) is 5.60 Å². The second kappa shape index (κ2) is 6.68. The third kappa shape index (κ3) is 3.07. The summed E-state index contributed by atoms with van der Waals surface area (Å²) in [5.74, 6) is -1.30. The molecule has 1 heterocycles. The predicted octanol–water partition coefficient (Wildman–Crippen LogP) is 1.44. The van der Waals surface area contributed by atoms with Crippen LogP contribution >= 0.6 is 0 Å². The van der Waals surface area contributed by atoms with Crippen LogP contribution < -0.4 is 16.0 Å². The molecule has 3 amide bonds. The zero-order valence-corrected chi connectivity index (χ0v) is 13.4. The zero-order chi connectivity index (χ0) is 17.9. The van der Waals surface area contributed by atoms with E-state index in [1.54, 1.807) is 19.9 Å². The highest BCUT2D eigenvalue weighted by Crippen LogP contribution is 2.44. The van der Waals surface area contributed by atoms with Crippen LogP contribution in [0.1, 0.15) is 38.7 Å². The third-order valence-corrected chi connectivity index (χ3v) is 3.73. The maximum Gasteiger partial charge on any atom is 0.262 e. The van der Waals surface area contributed by atoms with Crippen molar-refractivity contribution in [3.63, 3.8) is 0 Å². The predicted molar refractivity (Wildman–Crippen MR) is 87.0 cm³/mol. The van der Waals surface area contributed by atoms with Crippen molar-refractivity contribution in [3.8, 4) is 6.07 Å². The Labute approximate surface area is 138 Å². The van der Waals surface area contributed by atoms with Crippen molar-refractivity contribution in [1.82, 2.24) is 0 Å². The summed E-state index contributed by atoms with van der Waals surface area (Å²) in [6.45, 7) is 3.35. The first kappa shape index (κ1) is 17.4. The Balaban J connectivity index is 2.57. The minimum absolute atomic E-state index is 0.148. The lowest BCUT2D eigenvalue weighted by Gasteiger charge is -2.19. The molecule has 0 saturated carbocycles. The largest absolute Gasteiger partial charge is 0.374 e. The maximum atomic E-state index is 12.1. The molecular formula is C16H18N4O4. The van der Waals surface area contributed by atoms with Crippen LogP contribution in [0.5, 0.6) is 0 Å². The maximum absolute atomic E-state index is 12.1. The number of hydrogen-bond acceptors (Lipinski definition) is 5. The van der Waals surface area contributed by atoms with Gasteiger partial charge in [0.25, 0.3) is 5.91 Å². The number of carbonyl (C=O) groups is 3. The van der Waals surface area contributed by atoms with Gasteiger partial charge in [0, 0.05) is 24.1 Å². The summed E-state index contributed by atoms with van der Waals surface area (Å²) < 4.78 is 0. The zero-order valence-electron chi connectivity index (χ0n) is 13.4. The van der Waals surface area contributed by atoms with Gasteiger partial charge in [0.1, 0.15) is 0 Å².